The Morgan fingerprint density at radius 3 is 2.20 bits per heavy atom. The molecule has 0 aliphatic heterocycles. The minimum atomic E-state index is 0. The predicted molar refractivity (Wildman–Crippen MR) is 37.2 cm³/mol. The Bertz CT molecular complexity index is 183. The molecule has 0 aromatic carbocycles. The molecule has 56 valence electrons. The molecule has 2 nitrogen and oxygen atoms in total. The minimum absolute atomic E-state index is 0. The van der Waals surface area contributed by atoms with Crippen molar-refractivity contribution in [3.05, 3.63) is 24.5 Å². The van der Waals surface area contributed by atoms with Gasteiger partial charge in [-0.1, -0.05) is 0 Å². The molecule has 0 aliphatic rings. The van der Waals surface area contributed by atoms with Crippen molar-refractivity contribution in [1.29, 1.82) is 0 Å². The summed E-state index contributed by atoms with van der Waals surface area (Å²) in [5.74, 6) is 0. The summed E-state index contributed by atoms with van der Waals surface area (Å²) in [6, 6.07) is 4.06. The molecule has 1 N–H and O–H groups in total. The summed E-state index contributed by atoms with van der Waals surface area (Å²) >= 11 is 0. The number of pyridine rings is 1. The lowest BCUT2D eigenvalue weighted by Crippen LogP contribution is -3.00. The van der Waals surface area contributed by atoms with Gasteiger partial charge in [0, 0.05) is 24.9 Å². The van der Waals surface area contributed by atoms with Gasteiger partial charge >= 0.3 is 0 Å². The van der Waals surface area contributed by atoms with Gasteiger partial charge < -0.3 is 29.3 Å². The second-order valence-corrected chi connectivity index (χ2v) is 2.00. The number of hydrogen-bond acceptors (Lipinski definition) is 1. The van der Waals surface area contributed by atoms with Crippen molar-refractivity contribution in [2.24, 2.45) is 7.05 Å². The van der Waals surface area contributed by atoms with Gasteiger partial charge in [-0.25, -0.2) is 4.57 Å². The Kier molecular flexibility index (Phi) is 4.34. The molecule has 10 heavy (non-hydrogen) atoms. The van der Waals surface area contributed by atoms with Crippen LogP contribution in [-0.4, -0.2) is 7.05 Å². The number of aryl methyl sites for hydroxylation is 1. The molecule has 3 heteroatoms. The summed E-state index contributed by atoms with van der Waals surface area (Å²) in [5.41, 5.74) is 1.15. The van der Waals surface area contributed by atoms with Gasteiger partial charge in [0.1, 0.15) is 7.05 Å². The Hall–Kier alpha value is -0.320. The zero-order valence-electron chi connectivity index (χ0n) is 6.13. The number of halogens is 1. The highest BCUT2D eigenvalue weighted by molar-refractivity contribution is 5.38. The third-order valence-corrected chi connectivity index (χ3v) is 1.27. The fraction of sp³-hybridized carbons (Fsp3) is 0.286. The maximum Gasteiger partial charge on any atom is 0.170 e. The molecule has 0 amide bonds. The third-order valence-electron chi connectivity index (χ3n) is 1.27. The van der Waals surface area contributed by atoms with E-state index in [1.807, 2.05) is 43.2 Å². The first-order valence-electron chi connectivity index (χ1n) is 2.96. The van der Waals surface area contributed by atoms with E-state index in [1.54, 1.807) is 0 Å². The molecule has 0 spiro atoms. The molecule has 1 aromatic rings. The van der Waals surface area contributed by atoms with E-state index in [0.29, 0.717) is 0 Å². The monoisotopic (exact) mass is 250 g/mol. The summed E-state index contributed by atoms with van der Waals surface area (Å²) in [5, 5.41) is 3.04. The fourth-order valence-electron chi connectivity index (χ4n) is 0.668. The van der Waals surface area contributed by atoms with E-state index in [-0.39, 0.29) is 24.0 Å². The summed E-state index contributed by atoms with van der Waals surface area (Å²) in [4.78, 5) is 0. The van der Waals surface area contributed by atoms with Gasteiger partial charge in [0.25, 0.3) is 0 Å². The largest absolute Gasteiger partial charge is 1.00 e. The number of aromatic nitrogens is 1. The molecular formula is C7H11IN2. The van der Waals surface area contributed by atoms with Crippen LogP contribution in [0.4, 0.5) is 5.69 Å². The second-order valence-electron chi connectivity index (χ2n) is 2.00. The summed E-state index contributed by atoms with van der Waals surface area (Å²) in [7, 11) is 3.91. The normalized spacial score (nSPS) is 8.20. The van der Waals surface area contributed by atoms with Gasteiger partial charge in [-0.15, -0.1) is 0 Å². The number of hydrogen-bond donors (Lipinski definition) is 1. The van der Waals surface area contributed by atoms with Crippen molar-refractivity contribution >= 4 is 5.69 Å². The molecule has 0 atom stereocenters. The summed E-state index contributed by atoms with van der Waals surface area (Å²) in [6.07, 6.45) is 4.01. The SMILES string of the molecule is CNc1cc[n+](C)cc1.[I-]. The first kappa shape index (κ1) is 9.68. The Labute approximate surface area is 78.3 Å². The molecule has 1 rings (SSSR count). The zero-order valence-corrected chi connectivity index (χ0v) is 8.29. The Balaban J connectivity index is 0.000000810. The molecule has 0 saturated heterocycles. The van der Waals surface area contributed by atoms with Gasteiger partial charge in [0.2, 0.25) is 0 Å². The molecule has 0 radical (unpaired) electrons. The van der Waals surface area contributed by atoms with Crippen LogP contribution in [-0.2, 0) is 7.05 Å². The summed E-state index contributed by atoms with van der Waals surface area (Å²) < 4.78 is 2.00. The van der Waals surface area contributed by atoms with E-state index in [2.05, 4.69) is 5.32 Å². The number of anilines is 1. The molecule has 0 unspecified atom stereocenters. The standard InChI is InChI=1S/C7H10N2.HI/c1-8-7-3-5-9(2)6-4-7;/h3-6H,1-2H3;1H. The van der Waals surface area contributed by atoms with Gasteiger partial charge in [-0.3, -0.25) is 0 Å². The maximum absolute atomic E-state index is 3.04. The quantitative estimate of drug-likeness (QED) is 0.432. The van der Waals surface area contributed by atoms with Crippen LogP contribution in [0, 0.1) is 0 Å². The van der Waals surface area contributed by atoms with Crippen LogP contribution >= 0.6 is 0 Å². The minimum Gasteiger partial charge on any atom is -1.00 e. The van der Waals surface area contributed by atoms with Crippen LogP contribution in [0.25, 0.3) is 0 Å². The van der Waals surface area contributed by atoms with E-state index < -0.39 is 0 Å². The summed E-state index contributed by atoms with van der Waals surface area (Å²) in [6.45, 7) is 0. The molecule has 1 heterocycles. The first-order valence-corrected chi connectivity index (χ1v) is 2.96. The maximum atomic E-state index is 3.04. The second kappa shape index (κ2) is 4.49. The van der Waals surface area contributed by atoms with Crippen LogP contribution in [0.5, 0.6) is 0 Å². The number of nitrogens with zero attached hydrogens (tertiary/aromatic N) is 1. The smallest absolute Gasteiger partial charge is 0.170 e. The first-order chi connectivity index (χ1) is 4.33. The van der Waals surface area contributed by atoms with Crippen LogP contribution in [0.2, 0.25) is 0 Å². The van der Waals surface area contributed by atoms with Crippen LogP contribution in [0.3, 0.4) is 0 Å². The van der Waals surface area contributed by atoms with E-state index in [0.717, 1.165) is 5.69 Å². The van der Waals surface area contributed by atoms with Gasteiger partial charge in [-0.2, -0.15) is 0 Å². The van der Waals surface area contributed by atoms with Crippen molar-refractivity contribution in [2.45, 2.75) is 0 Å². The topological polar surface area (TPSA) is 15.9 Å². The molecule has 0 saturated carbocycles. The van der Waals surface area contributed by atoms with E-state index in [9.17, 15) is 0 Å². The van der Waals surface area contributed by atoms with Crippen LogP contribution in [0.15, 0.2) is 24.5 Å². The average molecular weight is 250 g/mol. The van der Waals surface area contributed by atoms with Gasteiger partial charge in [0.15, 0.2) is 12.4 Å². The molecular weight excluding hydrogens is 239 g/mol. The van der Waals surface area contributed by atoms with Crippen LogP contribution in [0.1, 0.15) is 0 Å². The van der Waals surface area contributed by atoms with Crippen molar-refractivity contribution in [1.82, 2.24) is 0 Å². The van der Waals surface area contributed by atoms with Crippen molar-refractivity contribution < 1.29 is 28.5 Å². The van der Waals surface area contributed by atoms with Gasteiger partial charge in [0.05, 0.1) is 0 Å². The van der Waals surface area contributed by atoms with Crippen molar-refractivity contribution in [3.63, 3.8) is 0 Å². The highest BCUT2D eigenvalue weighted by Gasteiger charge is 1.89. The number of nitrogens with one attached hydrogen (secondary N) is 1. The molecule has 0 aliphatic carbocycles. The molecule has 0 bridgehead atoms. The van der Waals surface area contributed by atoms with E-state index in [4.69, 9.17) is 0 Å². The number of rotatable bonds is 1. The lowest BCUT2D eigenvalue weighted by Gasteiger charge is -1.93. The zero-order chi connectivity index (χ0) is 6.69. The Morgan fingerprint density at radius 1 is 1.30 bits per heavy atom. The van der Waals surface area contributed by atoms with E-state index >= 15 is 0 Å². The Morgan fingerprint density at radius 2 is 1.80 bits per heavy atom. The predicted octanol–water partition coefficient (Wildman–Crippen LogP) is -2.44. The highest BCUT2D eigenvalue weighted by atomic mass is 127. The lowest BCUT2D eigenvalue weighted by atomic mass is 10.4. The fourth-order valence-corrected chi connectivity index (χ4v) is 0.668. The molecule has 1 aromatic heterocycles. The van der Waals surface area contributed by atoms with E-state index in [1.165, 1.54) is 0 Å². The van der Waals surface area contributed by atoms with Crippen LogP contribution < -0.4 is 33.9 Å². The highest BCUT2D eigenvalue weighted by Crippen LogP contribution is 1.98. The van der Waals surface area contributed by atoms with Gasteiger partial charge in [-0.05, 0) is 0 Å². The molecule has 0 fully saturated rings. The van der Waals surface area contributed by atoms with Crippen molar-refractivity contribution in [2.75, 3.05) is 12.4 Å². The van der Waals surface area contributed by atoms with Crippen molar-refractivity contribution in [3.8, 4) is 0 Å². The third kappa shape index (κ3) is 2.51. The lowest BCUT2D eigenvalue weighted by molar-refractivity contribution is -0.671. The average Bonchev–Trinajstić information content (AvgIpc) is 1.90.